The molecule has 3 rings (SSSR count). The van der Waals surface area contributed by atoms with Gasteiger partial charge in [-0.1, -0.05) is 24.3 Å². The zero-order chi connectivity index (χ0) is 11.3. The summed E-state index contributed by atoms with van der Waals surface area (Å²) in [5.41, 5.74) is 5.88. The van der Waals surface area contributed by atoms with Gasteiger partial charge in [0.2, 0.25) is 0 Å². The average Bonchev–Trinajstić information content (AvgIpc) is 2.65. The standard InChI is InChI=1S/C14H13NO/c1-9-7-12-11-6-4-3-5-10(11)8-13(12)15(2)14(9)16/h3-7H,8H2,1-2H3. The van der Waals surface area contributed by atoms with Crippen molar-refractivity contribution in [3.8, 4) is 11.1 Å². The van der Waals surface area contributed by atoms with E-state index in [0.717, 1.165) is 17.7 Å². The lowest BCUT2D eigenvalue weighted by Gasteiger charge is -2.07. The number of fused-ring (bicyclic) bond motifs is 3. The number of aryl methyl sites for hydroxylation is 1. The Bertz CT molecular complexity index is 638. The van der Waals surface area contributed by atoms with Gasteiger partial charge in [0, 0.05) is 30.3 Å². The second-order valence-corrected chi connectivity index (χ2v) is 4.39. The number of rotatable bonds is 0. The fourth-order valence-corrected chi connectivity index (χ4v) is 2.49. The van der Waals surface area contributed by atoms with E-state index in [1.165, 1.54) is 16.7 Å². The number of aromatic nitrogens is 1. The van der Waals surface area contributed by atoms with Gasteiger partial charge < -0.3 is 4.57 Å². The molecule has 2 aromatic rings. The van der Waals surface area contributed by atoms with Crippen molar-refractivity contribution < 1.29 is 0 Å². The van der Waals surface area contributed by atoms with Crippen LogP contribution >= 0.6 is 0 Å². The van der Waals surface area contributed by atoms with Gasteiger partial charge in [0.25, 0.3) is 5.56 Å². The number of hydrogen-bond acceptors (Lipinski definition) is 1. The first kappa shape index (κ1) is 9.40. The van der Waals surface area contributed by atoms with Gasteiger partial charge in [-0.25, -0.2) is 0 Å². The van der Waals surface area contributed by atoms with Gasteiger partial charge in [-0.2, -0.15) is 0 Å². The second-order valence-electron chi connectivity index (χ2n) is 4.39. The molecule has 2 heteroatoms. The van der Waals surface area contributed by atoms with Crippen molar-refractivity contribution in [2.24, 2.45) is 7.05 Å². The largest absolute Gasteiger partial charge is 0.315 e. The highest BCUT2D eigenvalue weighted by Crippen LogP contribution is 2.35. The van der Waals surface area contributed by atoms with E-state index in [-0.39, 0.29) is 5.56 Å². The SMILES string of the molecule is Cc1cc2c(n(C)c1=O)Cc1ccccc1-2. The van der Waals surface area contributed by atoms with Crippen molar-refractivity contribution in [3.63, 3.8) is 0 Å². The monoisotopic (exact) mass is 211 g/mol. The number of hydrogen-bond donors (Lipinski definition) is 0. The Balaban J connectivity index is 2.38. The normalized spacial score (nSPS) is 12.4. The van der Waals surface area contributed by atoms with Crippen LogP contribution < -0.4 is 5.56 Å². The molecule has 0 aliphatic heterocycles. The summed E-state index contributed by atoms with van der Waals surface area (Å²) in [6, 6.07) is 10.4. The van der Waals surface area contributed by atoms with Crippen LogP contribution in [0.15, 0.2) is 35.1 Å². The van der Waals surface area contributed by atoms with E-state index >= 15 is 0 Å². The summed E-state index contributed by atoms with van der Waals surface area (Å²) in [6.45, 7) is 1.88. The Kier molecular flexibility index (Phi) is 1.81. The summed E-state index contributed by atoms with van der Waals surface area (Å²) in [5.74, 6) is 0. The molecule has 2 nitrogen and oxygen atoms in total. The lowest BCUT2D eigenvalue weighted by molar-refractivity contribution is 0.797. The van der Waals surface area contributed by atoms with Crippen LogP contribution in [0.25, 0.3) is 11.1 Å². The third-order valence-corrected chi connectivity index (χ3v) is 3.38. The molecule has 16 heavy (non-hydrogen) atoms. The predicted molar refractivity (Wildman–Crippen MR) is 64.7 cm³/mol. The zero-order valence-corrected chi connectivity index (χ0v) is 9.45. The zero-order valence-electron chi connectivity index (χ0n) is 9.45. The summed E-state index contributed by atoms with van der Waals surface area (Å²) < 4.78 is 1.78. The summed E-state index contributed by atoms with van der Waals surface area (Å²) in [5, 5.41) is 0. The van der Waals surface area contributed by atoms with Gasteiger partial charge in [-0.05, 0) is 24.1 Å². The molecule has 0 fully saturated rings. The summed E-state index contributed by atoms with van der Waals surface area (Å²) >= 11 is 0. The Morgan fingerprint density at radius 2 is 1.94 bits per heavy atom. The number of pyridine rings is 1. The molecule has 1 aliphatic carbocycles. The molecule has 0 saturated carbocycles. The molecule has 1 aromatic carbocycles. The predicted octanol–water partition coefficient (Wildman–Crippen LogP) is 2.26. The molecular formula is C14H13NO. The molecule has 0 saturated heterocycles. The first-order valence-electron chi connectivity index (χ1n) is 5.46. The van der Waals surface area contributed by atoms with Gasteiger partial charge in [-0.3, -0.25) is 4.79 Å². The summed E-state index contributed by atoms with van der Waals surface area (Å²) in [6.07, 6.45) is 0.873. The summed E-state index contributed by atoms with van der Waals surface area (Å²) in [7, 11) is 1.86. The highest BCUT2D eigenvalue weighted by Gasteiger charge is 2.21. The van der Waals surface area contributed by atoms with Crippen LogP contribution in [0.4, 0.5) is 0 Å². The minimum Gasteiger partial charge on any atom is -0.315 e. The van der Waals surface area contributed by atoms with E-state index in [2.05, 4.69) is 18.2 Å². The van der Waals surface area contributed by atoms with Gasteiger partial charge in [0.05, 0.1) is 0 Å². The van der Waals surface area contributed by atoms with E-state index in [9.17, 15) is 4.79 Å². The van der Waals surface area contributed by atoms with Crippen LogP contribution in [-0.2, 0) is 13.5 Å². The second kappa shape index (κ2) is 3.08. The minimum atomic E-state index is 0.117. The van der Waals surface area contributed by atoms with Crippen molar-refractivity contribution in [2.75, 3.05) is 0 Å². The quantitative estimate of drug-likeness (QED) is 0.559. The van der Waals surface area contributed by atoms with E-state index in [1.807, 2.05) is 26.1 Å². The van der Waals surface area contributed by atoms with Crippen LogP contribution in [0, 0.1) is 6.92 Å². The molecule has 0 spiro atoms. The molecule has 0 atom stereocenters. The van der Waals surface area contributed by atoms with Crippen LogP contribution in [0.2, 0.25) is 0 Å². The average molecular weight is 211 g/mol. The molecule has 0 radical (unpaired) electrons. The van der Waals surface area contributed by atoms with Crippen molar-refractivity contribution in [2.45, 2.75) is 13.3 Å². The molecule has 0 N–H and O–H groups in total. The molecule has 1 aromatic heterocycles. The van der Waals surface area contributed by atoms with Crippen LogP contribution in [0.5, 0.6) is 0 Å². The van der Waals surface area contributed by atoms with Crippen LogP contribution in [0.1, 0.15) is 16.8 Å². The molecule has 1 heterocycles. The first-order chi connectivity index (χ1) is 7.68. The maximum Gasteiger partial charge on any atom is 0.253 e. The highest BCUT2D eigenvalue weighted by atomic mass is 16.1. The van der Waals surface area contributed by atoms with Crippen LogP contribution in [0.3, 0.4) is 0 Å². The van der Waals surface area contributed by atoms with Gasteiger partial charge in [0.15, 0.2) is 0 Å². The molecule has 0 amide bonds. The number of benzene rings is 1. The Hall–Kier alpha value is -1.83. The minimum absolute atomic E-state index is 0.117. The Morgan fingerprint density at radius 1 is 1.19 bits per heavy atom. The van der Waals surface area contributed by atoms with Crippen molar-refractivity contribution in [1.29, 1.82) is 0 Å². The van der Waals surface area contributed by atoms with E-state index in [0.29, 0.717) is 0 Å². The Morgan fingerprint density at radius 3 is 2.75 bits per heavy atom. The third-order valence-electron chi connectivity index (χ3n) is 3.38. The molecule has 0 bridgehead atoms. The van der Waals surface area contributed by atoms with Crippen molar-refractivity contribution in [3.05, 3.63) is 57.5 Å². The van der Waals surface area contributed by atoms with Crippen molar-refractivity contribution in [1.82, 2.24) is 4.57 Å². The fourth-order valence-electron chi connectivity index (χ4n) is 2.49. The number of nitrogens with zero attached hydrogens (tertiary/aromatic N) is 1. The maximum atomic E-state index is 11.8. The topological polar surface area (TPSA) is 22.0 Å². The van der Waals surface area contributed by atoms with Gasteiger partial charge in [0.1, 0.15) is 0 Å². The summed E-state index contributed by atoms with van der Waals surface area (Å²) in [4.78, 5) is 11.8. The van der Waals surface area contributed by atoms with Crippen molar-refractivity contribution >= 4 is 0 Å². The van der Waals surface area contributed by atoms with Gasteiger partial charge in [-0.15, -0.1) is 0 Å². The molecular weight excluding hydrogens is 198 g/mol. The lowest BCUT2D eigenvalue weighted by atomic mass is 10.1. The fraction of sp³-hybridized carbons (Fsp3) is 0.214. The van der Waals surface area contributed by atoms with Gasteiger partial charge >= 0.3 is 0 Å². The first-order valence-corrected chi connectivity index (χ1v) is 5.46. The smallest absolute Gasteiger partial charge is 0.253 e. The molecule has 1 aliphatic rings. The Labute approximate surface area is 94.2 Å². The maximum absolute atomic E-state index is 11.8. The van der Waals surface area contributed by atoms with E-state index in [4.69, 9.17) is 0 Å². The van der Waals surface area contributed by atoms with E-state index in [1.54, 1.807) is 4.57 Å². The molecule has 0 unspecified atom stereocenters. The third kappa shape index (κ3) is 1.10. The molecule has 80 valence electrons. The van der Waals surface area contributed by atoms with Crippen LogP contribution in [-0.4, -0.2) is 4.57 Å². The highest BCUT2D eigenvalue weighted by molar-refractivity contribution is 5.75. The van der Waals surface area contributed by atoms with E-state index < -0.39 is 0 Å². The lowest BCUT2D eigenvalue weighted by Crippen LogP contribution is -2.21.